The molecule has 1 aromatic heterocycles. The molecule has 0 saturated heterocycles. The summed E-state index contributed by atoms with van der Waals surface area (Å²) in [6.07, 6.45) is 8.45. The summed E-state index contributed by atoms with van der Waals surface area (Å²) in [5.41, 5.74) is 3.15. The van der Waals surface area contributed by atoms with Crippen LogP contribution in [0.5, 0.6) is 11.5 Å². The SMILES string of the molecule is CCCCOC(=O)c1cc(C(Cc2ncc(-c3ccc([N+](=O)[O-])cc3)[nH]2)NC(=O)C=Cc2ccc(OC)cc2)ccc1OCCCC. The van der Waals surface area contributed by atoms with Gasteiger partial charge in [-0.05, 0) is 66.4 Å². The van der Waals surface area contributed by atoms with Crippen LogP contribution in [0.2, 0.25) is 0 Å². The number of rotatable bonds is 17. The van der Waals surface area contributed by atoms with Gasteiger partial charge in [0.1, 0.15) is 22.9 Å². The second-order valence-corrected chi connectivity index (χ2v) is 10.9. The van der Waals surface area contributed by atoms with Crippen LogP contribution in [0.3, 0.4) is 0 Å². The first-order chi connectivity index (χ1) is 22.8. The predicted molar refractivity (Wildman–Crippen MR) is 179 cm³/mol. The molecule has 4 aromatic rings. The summed E-state index contributed by atoms with van der Waals surface area (Å²) in [5.74, 6) is 0.868. The minimum absolute atomic E-state index is 0.00916. The van der Waals surface area contributed by atoms with Gasteiger partial charge in [-0.1, -0.05) is 44.9 Å². The molecule has 0 fully saturated rings. The highest BCUT2D eigenvalue weighted by Gasteiger charge is 2.22. The summed E-state index contributed by atoms with van der Waals surface area (Å²) >= 11 is 0. The number of nitrogens with one attached hydrogen (secondary N) is 2. The molecule has 0 spiro atoms. The molecule has 0 aliphatic carbocycles. The number of carbonyl (C=O) groups excluding carboxylic acids is 2. The molecule has 0 bridgehead atoms. The van der Waals surface area contributed by atoms with Crippen LogP contribution >= 0.6 is 0 Å². The van der Waals surface area contributed by atoms with E-state index in [0.717, 1.165) is 36.8 Å². The fraction of sp³-hybridized carbons (Fsp3) is 0.306. The first-order valence-corrected chi connectivity index (χ1v) is 15.7. The van der Waals surface area contributed by atoms with Crippen molar-refractivity contribution in [2.75, 3.05) is 20.3 Å². The molecule has 1 amide bonds. The zero-order valence-electron chi connectivity index (χ0n) is 26.9. The van der Waals surface area contributed by atoms with Gasteiger partial charge in [-0.3, -0.25) is 14.9 Å². The maximum Gasteiger partial charge on any atom is 0.341 e. The Morgan fingerprint density at radius 2 is 1.72 bits per heavy atom. The van der Waals surface area contributed by atoms with Crippen LogP contribution in [0.25, 0.3) is 17.3 Å². The van der Waals surface area contributed by atoms with Gasteiger partial charge in [-0.25, -0.2) is 9.78 Å². The highest BCUT2D eigenvalue weighted by Crippen LogP contribution is 2.28. The molecule has 4 rings (SSSR count). The zero-order chi connectivity index (χ0) is 33.6. The lowest BCUT2D eigenvalue weighted by Crippen LogP contribution is -2.29. The van der Waals surface area contributed by atoms with Crippen LogP contribution in [0.1, 0.15) is 72.9 Å². The fourth-order valence-corrected chi connectivity index (χ4v) is 4.69. The molecule has 0 radical (unpaired) electrons. The number of H-pyrrole nitrogens is 1. The second-order valence-electron chi connectivity index (χ2n) is 10.9. The van der Waals surface area contributed by atoms with E-state index in [1.807, 2.05) is 37.3 Å². The lowest BCUT2D eigenvalue weighted by Gasteiger charge is -2.20. The molecule has 0 aliphatic rings. The number of nitrogens with zero attached hydrogens (tertiary/aromatic N) is 2. The molecule has 47 heavy (non-hydrogen) atoms. The van der Waals surface area contributed by atoms with Gasteiger partial charge < -0.3 is 24.5 Å². The van der Waals surface area contributed by atoms with Crippen LogP contribution in [0, 0.1) is 10.1 Å². The van der Waals surface area contributed by atoms with Crippen molar-refractivity contribution in [3.63, 3.8) is 0 Å². The smallest absolute Gasteiger partial charge is 0.341 e. The van der Waals surface area contributed by atoms with Crippen molar-refractivity contribution in [2.24, 2.45) is 0 Å². The number of carbonyl (C=O) groups is 2. The number of amides is 1. The maximum atomic E-state index is 13.2. The Morgan fingerprint density at radius 1 is 1.00 bits per heavy atom. The van der Waals surface area contributed by atoms with Gasteiger partial charge in [0.05, 0.1) is 43.2 Å². The number of aromatic amines is 1. The molecule has 1 heterocycles. The average Bonchev–Trinajstić information content (AvgIpc) is 3.56. The highest BCUT2D eigenvalue weighted by molar-refractivity contribution is 5.93. The van der Waals surface area contributed by atoms with Crippen LogP contribution in [-0.4, -0.2) is 47.1 Å². The number of esters is 1. The number of methoxy groups -OCH3 is 1. The van der Waals surface area contributed by atoms with Gasteiger partial charge in [0.2, 0.25) is 5.91 Å². The largest absolute Gasteiger partial charge is 0.497 e. The standard InChI is InChI=1S/C36H40N4O7/c1-4-6-20-46-33-18-13-27(22-30(33)36(42)47-21-7-5-2)31(39-35(41)19-10-25-8-16-29(45-3)17-9-25)23-34-37-24-32(38-34)26-11-14-28(15-12-26)40(43)44/h8-19,22,24,31H,4-7,20-21,23H2,1-3H3,(H,37,38)(H,39,41). The first-order valence-electron chi connectivity index (χ1n) is 15.7. The summed E-state index contributed by atoms with van der Waals surface area (Å²) in [5, 5.41) is 14.1. The van der Waals surface area contributed by atoms with Crippen molar-refractivity contribution in [1.29, 1.82) is 0 Å². The molecule has 1 atom stereocenters. The van der Waals surface area contributed by atoms with Gasteiger partial charge in [-0.2, -0.15) is 0 Å². The van der Waals surface area contributed by atoms with Crippen molar-refractivity contribution in [1.82, 2.24) is 15.3 Å². The number of hydrogen-bond acceptors (Lipinski definition) is 8. The molecule has 3 aromatic carbocycles. The molecular formula is C36H40N4O7. The quantitative estimate of drug-likeness (QED) is 0.0404. The third-order valence-corrected chi connectivity index (χ3v) is 7.39. The third-order valence-electron chi connectivity index (χ3n) is 7.39. The summed E-state index contributed by atoms with van der Waals surface area (Å²) in [6.45, 7) is 4.83. The fourth-order valence-electron chi connectivity index (χ4n) is 4.69. The summed E-state index contributed by atoms with van der Waals surface area (Å²) < 4.78 is 16.7. The molecule has 246 valence electrons. The van der Waals surface area contributed by atoms with Gasteiger partial charge in [-0.15, -0.1) is 0 Å². The van der Waals surface area contributed by atoms with Crippen LogP contribution < -0.4 is 14.8 Å². The van der Waals surface area contributed by atoms with Gasteiger partial charge in [0, 0.05) is 30.2 Å². The molecule has 1 unspecified atom stereocenters. The number of non-ortho nitro benzene ring substituents is 1. The van der Waals surface area contributed by atoms with Crippen molar-refractivity contribution in [3.05, 3.63) is 112 Å². The minimum atomic E-state index is -0.592. The molecule has 0 saturated carbocycles. The molecular weight excluding hydrogens is 600 g/mol. The lowest BCUT2D eigenvalue weighted by atomic mass is 10.00. The Hall–Kier alpha value is -5.45. The molecule has 2 N–H and O–H groups in total. The summed E-state index contributed by atoms with van der Waals surface area (Å²) in [6, 6.07) is 18.1. The zero-order valence-corrected chi connectivity index (χ0v) is 26.9. The Balaban J connectivity index is 1.63. The lowest BCUT2D eigenvalue weighted by molar-refractivity contribution is -0.384. The van der Waals surface area contributed by atoms with E-state index in [1.54, 1.807) is 43.6 Å². The third kappa shape index (κ3) is 10.0. The highest BCUT2D eigenvalue weighted by atomic mass is 16.6. The van der Waals surface area contributed by atoms with E-state index in [0.29, 0.717) is 41.8 Å². The number of benzene rings is 3. The number of hydrogen-bond donors (Lipinski definition) is 2. The second kappa shape index (κ2) is 17.3. The van der Waals surface area contributed by atoms with Crippen molar-refractivity contribution >= 4 is 23.6 Å². The predicted octanol–water partition coefficient (Wildman–Crippen LogP) is 7.24. The number of unbranched alkanes of at least 4 members (excludes halogenated alkanes) is 2. The Kier molecular flexibility index (Phi) is 12.7. The molecule has 11 nitrogen and oxygen atoms in total. The average molecular weight is 641 g/mol. The van der Waals surface area contributed by atoms with E-state index in [4.69, 9.17) is 14.2 Å². The number of nitro groups is 1. The number of nitro benzene ring substituents is 1. The maximum absolute atomic E-state index is 13.2. The monoisotopic (exact) mass is 640 g/mol. The topological polar surface area (TPSA) is 146 Å². The van der Waals surface area contributed by atoms with Crippen LogP contribution in [0.15, 0.2) is 79.0 Å². The summed E-state index contributed by atoms with van der Waals surface area (Å²) in [7, 11) is 1.59. The Morgan fingerprint density at radius 3 is 2.40 bits per heavy atom. The van der Waals surface area contributed by atoms with Crippen molar-refractivity contribution < 1.29 is 28.7 Å². The van der Waals surface area contributed by atoms with E-state index in [2.05, 4.69) is 22.2 Å². The van der Waals surface area contributed by atoms with E-state index in [-0.39, 0.29) is 23.6 Å². The number of aromatic nitrogens is 2. The Labute approximate surface area is 274 Å². The number of imidazole rings is 1. The number of ether oxygens (including phenoxy) is 3. The molecule has 0 aliphatic heterocycles. The summed E-state index contributed by atoms with van der Waals surface area (Å²) in [4.78, 5) is 44.8. The molecule has 11 heteroatoms. The van der Waals surface area contributed by atoms with E-state index in [9.17, 15) is 19.7 Å². The van der Waals surface area contributed by atoms with E-state index in [1.165, 1.54) is 18.2 Å². The Bertz CT molecular complexity index is 1660. The van der Waals surface area contributed by atoms with E-state index < -0.39 is 16.9 Å². The van der Waals surface area contributed by atoms with Crippen LogP contribution in [-0.2, 0) is 16.0 Å². The van der Waals surface area contributed by atoms with Crippen LogP contribution in [0.4, 0.5) is 5.69 Å². The van der Waals surface area contributed by atoms with Gasteiger partial charge >= 0.3 is 5.97 Å². The van der Waals surface area contributed by atoms with Crippen molar-refractivity contribution in [3.8, 4) is 22.8 Å². The van der Waals surface area contributed by atoms with Gasteiger partial charge in [0.25, 0.3) is 5.69 Å². The first kappa shape index (κ1) is 34.4. The van der Waals surface area contributed by atoms with Crippen molar-refractivity contribution in [2.45, 2.75) is 52.0 Å². The van der Waals surface area contributed by atoms with E-state index >= 15 is 0 Å². The minimum Gasteiger partial charge on any atom is -0.497 e. The normalized spacial score (nSPS) is 11.6. The van der Waals surface area contributed by atoms with Gasteiger partial charge in [0.15, 0.2) is 0 Å².